The van der Waals surface area contributed by atoms with Crippen molar-refractivity contribution in [3.8, 4) is 0 Å². The number of aldehydes is 1. The summed E-state index contributed by atoms with van der Waals surface area (Å²) in [5.41, 5.74) is 3.44. The van der Waals surface area contributed by atoms with E-state index in [-0.39, 0.29) is 4.62 Å². The van der Waals surface area contributed by atoms with Gasteiger partial charge in [0.25, 0.3) is 0 Å². The van der Waals surface area contributed by atoms with Crippen molar-refractivity contribution in [2.24, 2.45) is 5.10 Å². The highest BCUT2D eigenvalue weighted by Gasteiger charge is 1.91. The Kier molecular flexibility index (Phi) is 3.92. The molecule has 1 aromatic rings. The zero-order chi connectivity index (χ0) is 9.68. The standard InChI is InChI=1S/C8H6BrClN2O/c9-8(5-13)12-11-7-3-1-6(10)2-4-7/h1-5,11H/b12-8-. The van der Waals surface area contributed by atoms with Gasteiger partial charge in [-0.05, 0) is 40.2 Å². The first-order chi connectivity index (χ1) is 6.22. The normalized spacial score (nSPS) is 11.1. The quantitative estimate of drug-likeness (QED) is 0.516. The first-order valence-electron chi connectivity index (χ1n) is 3.42. The van der Waals surface area contributed by atoms with E-state index in [0.717, 1.165) is 5.69 Å². The van der Waals surface area contributed by atoms with E-state index in [1.165, 1.54) is 0 Å². The Morgan fingerprint density at radius 3 is 2.62 bits per heavy atom. The van der Waals surface area contributed by atoms with Gasteiger partial charge in [-0.25, -0.2) is 0 Å². The monoisotopic (exact) mass is 260 g/mol. The fraction of sp³-hybridized carbons (Fsp3) is 0. The van der Waals surface area contributed by atoms with E-state index in [2.05, 4.69) is 26.5 Å². The van der Waals surface area contributed by atoms with Crippen molar-refractivity contribution in [1.29, 1.82) is 0 Å². The Morgan fingerprint density at radius 2 is 2.08 bits per heavy atom. The van der Waals surface area contributed by atoms with Gasteiger partial charge < -0.3 is 0 Å². The second-order valence-corrected chi connectivity index (χ2v) is 3.42. The van der Waals surface area contributed by atoms with E-state index in [1.54, 1.807) is 24.3 Å². The summed E-state index contributed by atoms with van der Waals surface area (Å²) in [7, 11) is 0. The van der Waals surface area contributed by atoms with E-state index >= 15 is 0 Å². The minimum atomic E-state index is 0.211. The van der Waals surface area contributed by atoms with Gasteiger partial charge in [-0.3, -0.25) is 10.2 Å². The topological polar surface area (TPSA) is 41.5 Å². The molecule has 0 heterocycles. The molecule has 68 valence electrons. The highest BCUT2D eigenvalue weighted by Crippen LogP contribution is 2.13. The molecule has 0 saturated heterocycles. The molecular weight excluding hydrogens is 255 g/mol. The molecule has 0 unspecified atom stereocenters. The van der Waals surface area contributed by atoms with Crippen LogP contribution >= 0.6 is 27.5 Å². The first-order valence-corrected chi connectivity index (χ1v) is 4.59. The molecule has 0 bridgehead atoms. The Hall–Kier alpha value is -0.870. The van der Waals surface area contributed by atoms with Gasteiger partial charge in [0.2, 0.25) is 0 Å². The van der Waals surface area contributed by atoms with Crippen molar-refractivity contribution in [3.05, 3.63) is 29.3 Å². The number of hydrazone groups is 1. The van der Waals surface area contributed by atoms with Crippen LogP contribution in [0, 0.1) is 0 Å². The summed E-state index contributed by atoms with van der Waals surface area (Å²) in [4.78, 5) is 10.1. The smallest absolute Gasteiger partial charge is 0.177 e. The number of nitrogens with one attached hydrogen (secondary N) is 1. The lowest BCUT2D eigenvalue weighted by atomic mass is 10.3. The molecule has 0 spiro atoms. The Labute approximate surface area is 88.9 Å². The molecule has 0 aromatic heterocycles. The molecule has 5 heteroatoms. The minimum Gasteiger partial charge on any atom is -0.295 e. The summed E-state index contributed by atoms with van der Waals surface area (Å²) in [5.74, 6) is 0. The van der Waals surface area contributed by atoms with Crippen molar-refractivity contribution < 1.29 is 4.79 Å². The highest BCUT2D eigenvalue weighted by molar-refractivity contribution is 9.19. The molecular formula is C8H6BrClN2O. The summed E-state index contributed by atoms with van der Waals surface area (Å²) < 4.78 is 0.211. The van der Waals surface area contributed by atoms with Crippen molar-refractivity contribution in [2.45, 2.75) is 0 Å². The molecule has 0 radical (unpaired) electrons. The summed E-state index contributed by atoms with van der Waals surface area (Å²) >= 11 is 8.61. The largest absolute Gasteiger partial charge is 0.295 e. The van der Waals surface area contributed by atoms with E-state index in [1.807, 2.05) is 0 Å². The molecule has 1 N–H and O–H groups in total. The summed E-state index contributed by atoms with van der Waals surface area (Å²) in [5, 5.41) is 4.37. The van der Waals surface area contributed by atoms with Crippen molar-refractivity contribution in [1.82, 2.24) is 0 Å². The Balaban J connectivity index is 2.65. The number of carbonyl (C=O) groups excluding carboxylic acids is 1. The molecule has 1 rings (SSSR count). The maximum absolute atomic E-state index is 10.1. The van der Waals surface area contributed by atoms with Gasteiger partial charge in [-0.2, -0.15) is 5.10 Å². The maximum Gasteiger partial charge on any atom is 0.177 e. The van der Waals surface area contributed by atoms with Crippen LogP contribution in [0.3, 0.4) is 0 Å². The number of anilines is 1. The zero-order valence-corrected chi connectivity index (χ0v) is 8.84. The molecule has 0 aliphatic carbocycles. The second kappa shape index (κ2) is 4.99. The van der Waals surface area contributed by atoms with E-state index in [0.29, 0.717) is 11.3 Å². The molecule has 0 saturated carbocycles. The van der Waals surface area contributed by atoms with Gasteiger partial charge in [0.1, 0.15) is 0 Å². The molecule has 0 amide bonds. The third kappa shape index (κ3) is 3.57. The van der Waals surface area contributed by atoms with Crippen LogP contribution in [0.5, 0.6) is 0 Å². The van der Waals surface area contributed by atoms with Gasteiger partial charge in [0.15, 0.2) is 10.9 Å². The number of hydrogen-bond acceptors (Lipinski definition) is 3. The predicted octanol–water partition coefficient (Wildman–Crippen LogP) is 2.66. The van der Waals surface area contributed by atoms with Crippen LogP contribution in [0.2, 0.25) is 5.02 Å². The SMILES string of the molecule is O=C/C(Br)=N/Nc1ccc(Cl)cc1. The highest BCUT2D eigenvalue weighted by atomic mass is 79.9. The van der Waals surface area contributed by atoms with Crippen LogP contribution in [-0.2, 0) is 4.79 Å². The van der Waals surface area contributed by atoms with E-state index in [4.69, 9.17) is 11.6 Å². The predicted molar refractivity (Wildman–Crippen MR) is 57.5 cm³/mol. The van der Waals surface area contributed by atoms with Gasteiger partial charge >= 0.3 is 0 Å². The van der Waals surface area contributed by atoms with Gasteiger partial charge in [0, 0.05) is 5.02 Å². The lowest BCUT2D eigenvalue weighted by Gasteiger charge is -1.98. The van der Waals surface area contributed by atoms with Crippen molar-refractivity contribution >= 4 is 44.1 Å². The Bertz CT molecular complexity index is 323. The van der Waals surface area contributed by atoms with Crippen LogP contribution in [0.1, 0.15) is 0 Å². The molecule has 0 atom stereocenters. The number of nitrogens with zero attached hydrogens (tertiary/aromatic N) is 1. The van der Waals surface area contributed by atoms with Crippen LogP contribution in [0.4, 0.5) is 5.69 Å². The molecule has 0 aliphatic rings. The van der Waals surface area contributed by atoms with Crippen LogP contribution in [0.25, 0.3) is 0 Å². The van der Waals surface area contributed by atoms with E-state index in [9.17, 15) is 4.79 Å². The van der Waals surface area contributed by atoms with Crippen molar-refractivity contribution in [3.63, 3.8) is 0 Å². The summed E-state index contributed by atoms with van der Waals surface area (Å²) in [6.07, 6.45) is 0.600. The molecule has 13 heavy (non-hydrogen) atoms. The lowest BCUT2D eigenvalue weighted by Crippen LogP contribution is -1.94. The number of hydrogen-bond donors (Lipinski definition) is 1. The van der Waals surface area contributed by atoms with Crippen LogP contribution in [0.15, 0.2) is 29.4 Å². The van der Waals surface area contributed by atoms with Gasteiger partial charge in [-0.15, -0.1) is 0 Å². The zero-order valence-electron chi connectivity index (χ0n) is 6.50. The fourth-order valence-electron chi connectivity index (χ4n) is 0.669. The van der Waals surface area contributed by atoms with Gasteiger partial charge in [-0.1, -0.05) is 11.6 Å². The number of halogens is 2. The second-order valence-electron chi connectivity index (χ2n) is 2.17. The third-order valence-electron chi connectivity index (χ3n) is 1.23. The molecule has 0 fully saturated rings. The average Bonchev–Trinajstić information content (AvgIpc) is 2.16. The fourth-order valence-corrected chi connectivity index (χ4v) is 0.883. The third-order valence-corrected chi connectivity index (χ3v) is 1.85. The molecule has 0 aliphatic heterocycles. The van der Waals surface area contributed by atoms with Crippen molar-refractivity contribution in [2.75, 3.05) is 5.43 Å². The number of carbonyl (C=O) groups is 1. The van der Waals surface area contributed by atoms with Gasteiger partial charge in [0.05, 0.1) is 5.69 Å². The molecule has 3 nitrogen and oxygen atoms in total. The van der Waals surface area contributed by atoms with Crippen LogP contribution in [-0.4, -0.2) is 10.9 Å². The first kappa shape index (κ1) is 10.2. The maximum atomic E-state index is 10.1. The Morgan fingerprint density at radius 1 is 1.46 bits per heavy atom. The lowest BCUT2D eigenvalue weighted by molar-refractivity contribution is -0.102. The number of rotatable bonds is 3. The average molecular weight is 262 g/mol. The number of benzene rings is 1. The minimum absolute atomic E-state index is 0.211. The van der Waals surface area contributed by atoms with E-state index < -0.39 is 0 Å². The summed E-state index contributed by atoms with van der Waals surface area (Å²) in [6.45, 7) is 0. The summed E-state index contributed by atoms with van der Waals surface area (Å²) in [6, 6.07) is 6.98. The van der Waals surface area contributed by atoms with Crippen LogP contribution < -0.4 is 5.43 Å². The molecule has 1 aromatic carbocycles.